The van der Waals surface area contributed by atoms with E-state index in [9.17, 15) is 25.1 Å². The van der Waals surface area contributed by atoms with Crippen LogP contribution in [-0.4, -0.2) is 72.0 Å². The number of carbonyl (C=O) groups is 2. The molecule has 1 saturated heterocycles. The van der Waals surface area contributed by atoms with E-state index in [0.717, 1.165) is 44.6 Å². The molecule has 2 aromatic carbocycles. The number of rotatable bonds is 10. The number of hydrogen-bond donors (Lipinski definition) is 4. The fraction of sp³-hybridized carbons (Fsp3) is 0.406. The van der Waals surface area contributed by atoms with Crippen LogP contribution in [0.15, 0.2) is 69.8 Å². The lowest BCUT2D eigenvalue weighted by Crippen LogP contribution is -2.35. The number of ether oxygens (including phenoxy) is 1. The molecule has 43 heavy (non-hydrogen) atoms. The highest BCUT2D eigenvalue weighted by Gasteiger charge is 2.41. The summed E-state index contributed by atoms with van der Waals surface area (Å²) >= 11 is 0. The number of nitriles is 1. The summed E-state index contributed by atoms with van der Waals surface area (Å²) in [7, 11) is 1.69. The van der Waals surface area contributed by atoms with E-state index in [0.29, 0.717) is 29.4 Å². The number of hydrogen-bond acceptors (Lipinski definition) is 7. The van der Waals surface area contributed by atoms with E-state index in [1.165, 1.54) is 5.56 Å². The van der Waals surface area contributed by atoms with Crippen LogP contribution in [0.4, 0.5) is 5.69 Å². The third-order valence-electron chi connectivity index (χ3n) is 8.06. The Morgan fingerprint density at radius 3 is 2.51 bits per heavy atom. The maximum atomic E-state index is 12.2. The highest BCUT2D eigenvalue weighted by atomic mass is 16.5. The average Bonchev–Trinajstić information content (AvgIpc) is 2.99. The zero-order valence-corrected chi connectivity index (χ0v) is 24.7. The maximum absolute atomic E-state index is 12.2. The average molecular weight is 587 g/mol. The Kier molecular flexibility index (Phi) is 10.5. The van der Waals surface area contributed by atoms with Gasteiger partial charge in [0.05, 0.1) is 12.7 Å². The first kappa shape index (κ1) is 31.3. The highest BCUT2D eigenvalue weighted by Crippen LogP contribution is 2.40. The van der Waals surface area contributed by atoms with Crippen molar-refractivity contribution in [2.45, 2.75) is 44.9 Å². The monoisotopic (exact) mass is 586 g/mol. The van der Waals surface area contributed by atoms with Gasteiger partial charge in [-0.05, 0) is 94.1 Å². The molecule has 2 aromatic rings. The Bertz CT molecular complexity index is 1470. The molecule has 0 aromatic heterocycles. The van der Waals surface area contributed by atoms with Crippen LogP contribution < -0.4 is 15.4 Å². The van der Waals surface area contributed by atoms with Gasteiger partial charge in [0, 0.05) is 29.6 Å². The molecule has 0 bridgehead atoms. The Labute approximate surface area is 251 Å². The number of carboxylic acid groups (broad SMARTS) is 2. The van der Waals surface area contributed by atoms with Crippen molar-refractivity contribution >= 4 is 29.3 Å². The predicted octanol–water partition coefficient (Wildman–Crippen LogP) is 4.42. The third-order valence-corrected chi connectivity index (χ3v) is 8.06. The molecule has 2 heterocycles. The second-order valence-electron chi connectivity index (χ2n) is 10.8. The standard InChI is InChI=1S/C32H38N6O5/c1-20-27(30(39)40)29(28(31(41)42)21(2)36-20)24-8-4-9-25(17-24)37-32(35-19-33)34-13-6-14-38-15-11-22(12-16-38)23-7-5-10-26(18-23)43-3/h4-5,7-10,17-18,22,27,29H,6,11-16H2,1-3H3,(H,39,40)(H,41,42)(H2,34,35,37). The van der Waals surface area contributed by atoms with E-state index in [2.05, 4.69) is 37.7 Å². The number of nitrogens with zero attached hydrogens (tertiary/aromatic N) is 4. The number of aliphatic carboxylic acids is 2. The van der Waals surface area contributed by atoms with E-state index in [1.807, 2.05) is 18.3 Å². The summed E-state index contributed by atoms with van der Waals surface area (Å²) in [6.45, 7) is 6.58. The van der Waals surface area contributed by atoms with Gasteiger partial charge in [-0.1, -0.05) is 24.3 Å². The molecule has 226 valence electrons. The minimum atomic E-state index is -1.21. The number of carboxylic acids is 2. The predicted molar refractivity (Wildman–Crippen MR) is 164 cm³/mol. The van der Waals surface area contributed by atoms with Crippen LogP contribution >= 0.6 is 0 Å². The first-order valence-electron chi connectivity index (χ1n) is 14.4. The molecule has 2 atom stereocenters. The van der Waals surface area contributed by atoms with E-state index in [4.69, 9.17) is 4.74 Å². The van der Waals surface area contributed by atoms with Crippen molar-refractivity contribution in [1.29, 1.82) is 5.26 Å². The van der Waals surface area contributed by atoms with Gasteiger partial charge in [-0.15, -0.1) is 0 Å². The third kappa shape index (κ3) is 7.78. The van der Waals surface area contributed by atoms with Crippen LogP contribution in [0.25, 0.3) is 0 Å². The summed E-state index contributed by atoms with van der Waals surface area (Å²) in [5.74, 6) is -2.72. The summed E-state index contributed by atoms with van der Waals surface area (Å²) in [5, 5.41) is 34.8. The number of allylic oxidation sites excluding steroid dienone is 1. The van der Waals surface area contributed by atoms with Gasteiger partial charge in [0.15, 0.2) is 6.19 Å². The van der Waals surface area contributed by atoms with Crippen LogP contribution in [0.3, 0.4) is 0 Å². The molecule has 2 aliphatic heterocycles. The lowest BCUT2D eigenvalue weighted by Gasteiger charge is -2.32. The molecule has 0 spiro atoms. The van der Waals surface area contributed by atoms with Gasteiger partial charge in [0.2, 0.25) is 5.96 Å². The lowest BCUT2D eigenvalue weighted by atomic mass is 9.75. The molecule has 2 aliphatic rings. The fourth-order valence-corrected chi connectivity index (χ4v) is 5.98. The molecule has 4 N–H and O–H groups in total. The lowest BCUT2D eigenvalue weighted by molar-refractivity contribution is -0.140. The van der Waals surface area contributed by atoms with Crippen molar-refractivity contribution in [3.8, 4) is 11.9 Å². The highest BCUT2D eigenvalue weighted by molar-refractivity contribution is 6.06. The van der Waals surface area contributed by atoms with Gasteiger partial charge in [-0.2, -0.15) is 5.26 Å². The van der Waals surface area contributed by atoms with Crippen LogP contribution in [0.5, 0.6) is 5.75 Å². The largest absolute Gasteiger partial charge is 0.497 e. The maximum Gasteiger partial charge on any atom is 0.334 e. The van der Waals surface area contributed by atoms with Gasteiger partial charge in [0.25, 0.3) is 0 Å². The van der Waals surface area contributed by atoms with Crippen molar-refractivity contribution in [3.05, 3.63) is 70.9 Å². The minimum Gasteiger partial charge on any atom is -0.497 e. The Morgan fingerprint density at radius 1 is 1.12 bits per heavy atom. The number of likely N-dealkylation sites (tertiary alicyclic amines) is 1. The zero-order chi connectivity index (χ0) is 30.9. The van der Waals surface area contributed by atoms with Gasteiger partial charge in [0.1, 0.15) is 11.7 Å². The first-order valence-corrected chi connectivity index (χ1v) is 14.4. The van der Waals surface area contributed by atoms with Crippen LogP contribution in [0.2, 0.25) is 0 Å². The van der Waals surface area contributed by atoms with Crippen molar-refractivity contribution < 1.29 is 24.5 Å². The molecular formula is C32H38N6O5. The second kappa shape index (κ2) is 14.5. The first-order chi connectivity index (χ1) is 20.7. The summed E-state index contributed by atoms with van der Waals surface area (Å²) < 4.78 is 5.37. The number of piperidine rings is 1. The van der Waals surface area contributed by atoms with E-state index in [-0.39, 0.29) is 17.2 Å². The number of nitrogens with one attached hydrogen (secondary N) is 2. The molecule has 1 fully saturated rings. The molecular weight excluding hydrogens is 548 g/mol. The van der Waals surface area contributed by atoms with Crippen LogP contribution in [0.1, 0.15) is 56.1 Å². The Morgan fingerprint density at radius 2 is 1.84 bits per heavy atom. The molecule has 0 amide bonds. The molecule has 4 rings (SSSR count). The summed E-state index contributed by atoms with van der Waals surface area (Å²) in [6.07, 6.45) is 4.89. The Balaban J connectivity index is 1.37. The molecule has 0 aliphatic carbocycles. The minimum absolute atomic E-state index is 0.0493. The normalized spacial score (nSPS) is 19.8. The van der Waals surface area contributed by atoms with Gasteiger partial charge < -0.3 is 25.2 Å². The van der Waals surface area contributed by atoms with Crippen molar-refractivity contribution in [2.75, 3.05) is 38.6 Å². The smallest absolute Gasteiger partial charge is 0.334 e. The number of aliphatic imine (C=N–C) groups is 2. The molecule has 0 radical (unpaired) electrons. The summed E-state index contributed by atoms with van der Waals surface area (Å²) in [5.41, 5.74) is 2.95. The van der Waals surface area contributed by atoms with Crippen molar-refractivity contribution in [1.82, 2.24) is 10.2 Å². The number of guanidine groups is 1. The molecule has 11 heteroatoms. The number of anilines is 1. The SMILES string of the molecule is COc1cccc(C2CCN(CCCN=C(NC#N)Nc3cccc(C4C(C(=O)O)=C(C)N=C(C)C4C(=O)O)c3)CC2)c1. The van der Waals surface area contributed by atoms with Crippen molar-refractivity contribution in [2.24, 2.45) is 15.9 Å². The van der Waals surface area contributed by atoms with Crippen LogP contribution in [-0.2, 0) is 9.59 Å². The molecule has 11 nitrogen and oxygen atoms in total. The van der Waals surface area contributed by atoms with Crippen LogP contribution in [0, 0.1) is 17.4 Å². The summed E-state index contributed by atoms with van der Waals surface area (Å²) in [6, 6.07) is 15.2. The van der Waals surface area contributed by atoms with E-state index >= 15 is 0 Å². The quantitative estimate of drug-likeness (QED) is 0.104. The van der Waals surface area contributed by atoms with Gasteiger partial charge in [-0.3, -0.25) is 20.1 Å². The topological polar surface area (TPSA) is 160 Å². The number of methoxy groups -OCH3 is 1. The van der Waals surface area contributed by atoms with Crippen molar-refractivity contribution in [3.63, 3.8) is 0 Å². The fourth-order valence-electron chi connectivity index (χ4n) is 5.98. The summed E-state index contributed by atoms with van der Waals surface area (Å²) in [4.78, 5) is 35.5. The molecule has 0 saturated carbocycles. The van der Waals surface area contributed by atoms with Gasteiger partial charge in [-0.25, -0.2) is 4.79 Å². The van der Waals surface area contributed by atoms with Gasteiger partial charge >= 0.3 is 11.9 Å². The van der Waals surface area contributed by atoms with E-state index < -0.39 is 23.8 Å². The Hall–Kier alpha value is -4.69. The number of benzene rings is 2. The van der Waals surface area contributed by atoms with E-state index in [1.54, 1.807) is 45.2 Å². The second-order valence-corrected chi connectivity index (χ2v) is 10.8. The molecule has 2 unspecified atom stereocenters. The zero-order valence-electron chi connectivity index (χ0n) is 24.7.